The molecule has 0 bridgehead atoms. The van der Waals surface area contributed by atoms with Crippen LogP contribution < -0.4 is 5.32 Å². The predicted molar refractivity (Wildman–Crippen MR) is 133 cm³/mol. The maximum atomic E-state index is 13.2. The number of likely N-dealkylation sites (N-methyl/N-ethyl adjacent to an activating group) is 1. The molecule has 3 aromatic rings. The molecule has 1 saturated heterocycles. The van der Waals surface area contributed by atoms with Crippen molar-refractivity contribution in [3.8, 4) is 5.69 Å². The van der Waals surface area contributed by atoms with Crippen LogP contribution in [-0.2, 0) is 16.4 Å². The highest BCUT2D eigenvalue weighted by Gasteiger charge is 2.28. The largest absolute Gasteiger partial charge is 0.322 e. The third kappa shape index (κ3) is 4.91. The fourth-order valence-electron chi connectivity index (χ4n) is 4.18. The number of benzene rings is 2. The molecule has 0 radical (unpaired) electrons. The first-order valence-corrected chi connectivity index (χ1v) is 13.0. The normalized spacial score (nSPS) is 15.4. The van der Waals surface area contributed by atoms with Crippen LogP contribution in [0.1, 0.15) is 35.5 Å². The lowest BCUT2D eigenvalue weighted by molar-refractivity contribution is 0.102. The molecule has 2 aromatic carbocycles. The molecule has 1 N–H and O–H groups in total. The van der Waals surface area contributed by atoms with Crippen molar-refractivity contribution in [2.75, 3.05) is 38.0 Å². The van der Waals surface area contributed by atoms with Crippen LogP contribution in [0.25, 0.3) is 5.69 Å². The molecule has 1 amide bonds. The summed E-state index contributed by atoms with van der Waals surface area (Å²) < 4.78 is 29.6. The van der Waals surface area contributed by atoms with Crippen molar-refractivity contribution < 1.29 is 13.2 Å². The van der Waals surface area contributed by atoms with Gasteiger partial charge in [-0.2, -0.15) is 9.40 Å². The van der Waals surface area contributed by atoms with E-state index in [9.17, 15) is 13.2 Å². The molecule has 180 valence electrons. The number of amides is 1. The lowest BCUT2D eigenvalue weighted by atomic mass is 10.1. The topological polar surface area (TPSA) is 87.5 Å². The van der Waals surface area contributed by atoms with E-state index in [2.05, 4.69) is 22.2 Å². The zero-order valence-corrected chi connectivity index (χ0v) is 20.7. The minimum Gasteiger partial charge on any atom is -0.322 e. The maximum Gasteiger partial charge on any atom is 0.259 e. The molecule has 1 aliphatic rings. The van der Waals surface area contributed by atoms with Gasteiger partial charge in [-0.3, -0.25) is 4.79 Å². The number of nitrogens with one attached hydrogen (secondary N) is 1. The highest BCUT2D eigenvalue weighted by Crippen LogP contribution is 2.23. The van der Waals surface area contributed by atoms with E-state index in [1.54, 1.807) is 29.1 Å². The van der Waals surface area contributed by atoms with Gasteiger partial charge < -0.3 is 10.2 Å². The SMILES string of the molecule is CCc1c(C(=O)Nc2cccc(S(=O)(=O)N3CCN(CC)CC3)c2)cnn1-c1ccc(C)cc1. The summed E-state index contributed by atoms with van der Waals surface area (Å²) in [6, 6.07) is 14.4. The molecule has 4 rings (SSSR count). The summed E-state index contributed by atoms with van der Waals surface area (Å²) in [5, 5.41) is 7.28. The van der Waals surface area contributed by atoms with Crippen molar-refractivity contribution in [1.82, 2.24) is 19.0 Å². The lowest BCUT2D eigenvalue weighted by Crippen LogP contribution is -2.48. The van der Waals surface area contributed by atoms with Gasteiger partial charge >= 0.3 is 0 Å². The molecule has 1 aliphatic heterocycles. The van der Waals surface area contributed by atoms with E-state index in [0.717, 1.165) is 36.6 Å². The first-order valence-electron chi connectivity index (χ1n) is 11.6. The van der Waals surface area contributed by atoms with Crippen LogP contribution in [-0.4, -0.2) is 66.0 Å². The van der Waals surface area contributed by atoms with Gasteiger partial charge in [0.25, 0.3) is 5.91 Å². The summed E-state index contributed by atoms with van der Waals surface area (Å²) >= 11 is 0. The minimum absolute atomic E-state index is 0.182. The van der Waals surface area contributed by atoms with Crippen LogP contribution >= 0.6 is 0 Å². The quantitative estimate of drug-likeness (QED) is 0.559. The Bertz CT molecular complexity index is 1260. The minimum atomic E-state index is -3.63. The molecule has 9 heteroatoms. The smallest absolute Gasteiger partial charge is 0.259 e. The molecular formula is C25H31N5O3S. The Balaban J connectivity index is 1.53. The number of nitrogens with zero attached hydrogens (tertiary/aromatic N) is 4. The van der Waals surface area contributed by atoms with Gasteiger partial charge in [0, 0.05) is 31.9 Å². The maximum absolute atomic E-state index is 13.2. The van der Waals surface area contributed by atoms with Gasteiger partial charge in [-0.15, -0.1) is 0 Å². The summed E-state index contributed by atoms with van der Waals surface area (Å²) in [5.41, 5.74) is 3.72. The first kappa shape index (κ1) is 24.1. The zero-order chi connectivity index (χ0) is 24.3. The van der Waals surface area contributed by atoms with Crippen molar-refractivity contribution in [3.05, 3.63) is 71.5 Å². The first-order chi connectivity index (χ1) is 16.3. The van der Waals surface area contributed by atoms with Gasteiger partial charge in [0.1, 0.15) is 0 Å². The van der Waals surface area contributed by atoms with E-state index in [1.807, 2.05) is 38.1 Å². The third-order valence-corrected chi connectivity index (χ3v) is 8.13. The van der Waals surface area contributed by atoms with Gasteiger partial charge in [0.15, 0.2) is 0 Å². The molecule has 0 saturated carbocycles. The number of hydrogen-bond acceptors (Lipinski definition) is 5. The van der Waals surface area contributed by atoms with E-state index in [0.29, 0.717) is 30.8 Å². The van der Waals surface area contributed by atoms with Crippen molar-refractivity contribution in [2.24, 2.45) is 0 Å². The standard InChI is InChI=1S/C25H31N5O3S/c1-4-24-23(18-26-30(24)21-11-9-19(3)10-12-21)25(31)27-20-7-6-8-22(17-20)34(32,33)29-15-13-28(5-2)14-16-29/h6-12,17-18H,4-5,13-16H2,1-3H3,(H,27,31). The summed E-state index contributed by atoms with van der Waals surface area (Å²) in [7, 11) is -3.63. The Morgan fingerprint density at radius 2 is 1.74 bits per heavy atom. The zero-order valence-electron chi connectivity index (χ0n) is 19.9. The van der Waals surface area contributed by atoms with Crippen LogP contribution in [0.5, 0.6) is 0 Å². The average Bonchev–Trinajstić information content (AvgIpc) is 3.29. The third-order valence-electron chi connectivity index (χ3n) is 6.24. The van der Waals surface area contributed by atoms with Crippen LogP contribution in [0.2, 0.25) is 0 Å². The number of carbonyl (C=O) groups excluding carboxylic acids is 1. The van der Waals surface area contributed by atoms with Crippen molar-refractivity contribution in [3.63, 3.8) is 0 Å². The summed E-state index contributed by atoms with van der Waals surface area (Å²) in [6.07, 6.45) is 2.18. The monoisotopic (exact) mass is 481 g/mol. The number of piperazine rings is 1. The molecule has 0 unspecified atom stereocenters. The molecule has 1 aromatic heterocycles. The van der Waals surface area contributed by atoms with Crippen LogP contribution in [0.4, 0.5) is 5.69 Å². The fraction of sp³-hybridized carbons (Fsp3) is 0.360. The van der Waals surface area contributed by atoms with Crippen molar-refractivity contribution in [1.29, 1.82) is 0 Å². The Morgan fingerprint density at radius 1 is 1.03 bits per heavy atom. The Labute approximate surface area is 201 Å². The second kappa shape index (κ2) is 10.1. The number of sulfonamides is 1. The van der Waals surface area contributed by atoms with E-state index < -0.39 is 10.0 Å². The highest BCUT2D eigenvalue weighted by molar-refractivity contribution is 7.89. The highest BCUT2D eigenvalue weighted by atomic mass is 32.2. The number of carbonyl (C=O) groups is 1. The van der Waals surface area contributed by atoms with E-state index in [4.69, 9.17) is 0 Å². The number of aryl methyl sites for hydroxylation is 1. The second-order valence-corrected chi connectivity index (χ2v) is 10.4. The molecule has 0 spiro atoms. The molecule has 2 heterocycles. The predicted octanol–water partition coefficient (Wildman–Crippen LogP) is 3.32. The number of hydrogen-bond donors (Lipinski definition) is 1. The van der Waals surface area contributed by atoms with Gasteiger partial charge in [-0.1, -0.05) is 37.6 Å². The van der Waals surface area contributed by atoms with Crippen LogP contribution in [0.3, 0.4) is 0 Å². The molecule has 8 nitrogen and oxygen atoms in total. The van der Waals surface area contributed by atoms with Gasteiger partial charge in [0.2, 0.25) is 10.0 Å². The Kier molecular flexibility index (Phi) is 7.16. The van der Waals surface area contributed by atoms with Crippen LogP contribution in [0, 0.1) is 6.92 Å². The number of aromatic nitrogens is 2. The summed E-state index contributed by atoms with van der Waals surface area (Å²) in [4.78, 5) is 15.5. The number of anilines is 1. The Hall–Kier alpha value is -3.01. The van der Waals surface area contributed by atoms with E-state index in [1.165, 1.54) is 10.4 Å². The Morgan fingerprint density at radius 3 is 2.38 bits per heavy atom. The molecule has 34 heavy (non-hydrogen) atoms. The molecular weight excluding hydrogens is 450 g/mol. The fourth-order valence-corrected chi connectivity index (χ4v) is 5.65. The number of rotatable bonds is 7. The van der Waals surface area contributed by atoms with Gasteiger partial charge in [0.05, 0.1) is 28.0 Å². The van der Waals surface area contributed by atoms with Gasteiger partial charge in [-0.05, 0) is 50.2 Å². The van der Waals surface area contributed by atoms with Gasteiger partial charge in [-0.25, -0.2) is 13.1 Å². The van der Waals surface area contributed by atoms with Crippen molar-refractivity contribution in [2.45, 2.75) is 32.1 Å². The summed E-state index contributed by atoms with van der Waals surface area (Å²) in [5.74, 6) is -0.318. The second-order valence-electron chi connectivity index (χ2n) is 8.43. The molecule has 0 atom stereocenters. The molecule has 0 aliphatic carbocycles. The van der Waals surface area contributed by atoms with Crippen LogP contribution in [0.15, 0.2) is 59.6 Å². The molecule has 1 fully saturated rings. The average molecular weight is 482 g/mol. The lowest BCUT2D eigenvalue weighted by Gasteiger charge is -2.33. The van der Waals surface area contributed by atoms with E-state index in [-0.39, 0.29) is 10.8 Å². The van der Waals surface area contributed by atoms with Crippen molar-refractivity contribution >= 4 is 21.6 Å². The van der Waals surface area contributed by atoms with E-state index >= 15 is 0 Å². The summed E-state index contributed by atoms with van der Waals surface area (Å²) in [6.45, 7) is 9.35.